The van der Waals surface area contributed by atoms with Crippen molar-refractivity contribution < 1.29 is 71.9 Å². The molecule has 8 N–H and O–H groups in total. The lowest BCUT2D eigenvalue weighted by atomic mass is 9.94. The van der Waals surface area contributed by atoms with Crippen molar-refractivity contribution >= 4 is 59.3 Å². The number of likely N-dealkylation sites (tertiary alicyclic amines) is 1. The van der Waals surface area contributed by atoms with Crippen LogP contribution in [-0.2, 0) is 52.7 Å². The van der Waals surface area contributed by atoms with Gasteiger partial charge in [0.1, 0.15) is 24.7 Å². The number of aryl methyl sites for hydroxylation is 2. The molecule has 4 aromatic carbocycles. The van der Waals surface area contributed by atoms with Gasteiger partial charge in [-0.25, -0.2) is 37.8 Å². The summed E-state index contributed by atoms with van der Waals surface area (Å²) in [5.41, 5.74) is 2.49. The molecular weight excluding hydrogens is 1010 g/mol. The Bertz CT molecular complexity index is 2890. The molecule has 2 unspecified atom stereocenters. The summed E-state index contributed by atoms with van der Waals surface area (Å²) in [7, 11) is 2.99. The Hall–Kier alpha value is -8.02. The zero-order chi connectivity index (χ0) is 53.8. The van der Waals surface area contributed by atoms with E-state index in [1.807, 2.05) is 0 Å². The molecule has 2 aliphatic carbocycles. The summed E-state index contributed by atoms with van der Waals surface area (Å²) >= 11 is 0. The number of amides is 9. The summed E-state index contributed by atoms with van der Waals surface area (Å²) in [6.45, 7) is -1.35. The lowest BCUT2D eigenvalue weighted by Gasteiger charge is -2.31. The number of carboxylic acids is 1. The average molecular weight is 1070 g/mol. The third-order valence-corrected chi connectivity index (χ3v) is 14.3. The SMILES string of the molecule is C.C.CNC(=O)Nc1ccc2c(c1)CC[C@@]21OC(=O)N(CC(=O)N2C(c3ccc(F)cc3)CC[C@@H]2CO)C1=O.CNC(=O)Nc1ccc2c(c1)CC[C@@]21OC(=O)N(CC(=O)O)C1=O.OC[C@H]1CCC(c2ccc(F)cc2)N1. The van der Waals surface area contributed by atoms with E-state index in [9.17, 15) is 52.2 Å². The molecule has 0 aromatic heterocycles. The van der Waals surface area contributed by atoms with Crippen LogP contribution in [0.3, 0.4) is 0 Å². The first-order chi connectivity index (χ1) is 35.9. The number of carbonyl (C=O) groups is 8. The maximum Gasteiger partial charge on any atom is 0.418 e. The minimum Gasteiger partial charge on any atom is -0.480 e. The van der Waals surface area contributed by atoms with Crippen LogP contribution >= 0.6 is 0 Å². The maximum absolute atomic E-state index is 13.5. The van der Waals surface area contributed by atoms with Crippen LogP contribution in [0.2, 0.25) is 0 Å². The first kappa shape index (κ1) is 58.2. The first-order valence-corrected chi connectivity index (χ1v) is 24.3. The van der Waals surface area contributed by atoms with E-state index < -0.39 is 78.1 Å². The number of hydrogen-bond donors (Lipinski definition) is 8. The van der Waals surface area contributed by atoms with Gasteiger partial charge in [0.05, 0.1) is 25.3 Å². The number of imide groups is 2. The van der Waals surface area contributed by atoms with Crippen LogP contribution in [0.25, 0.3) is 0 Å². The van der Waals surface area contributed by atoms with E-state index in [4.69, 9.17) is 19.7 Å². The van der Waals surface area contributed by atoms with E-state index in [0.717, 1.165) is 34.4 Å². The summed E-state index contributed by atoms with van der Waals surface area (Å²) in [5.74, 6) is -3.68. The number of anilines is 2. The van der Waals surface area contributed by atoms with Crippen LogP contribution in [-0.4, -0.2) is 130 Å². The van der Waals surface area contributed by atoms with Crippen LogP contribution in [0.5, 0.6) is 0 Å². The summed E-state index contributed by atoms with van der Waals surface area (Å²) < 4.78 is 37.0. The summed E-state index contributed by atoms with van der Waals surface area (Å²) in [4.78, 5) is 101. The largest absolute Gasteiger partial charge is 0.480 e. The van der Waals surface area contributed by atoms with Gasteiger partial charge in [-0.1, -0.05) is 51.3 Å². The number of nitrogens with zero attached hydrogens (tertiary/aromatic N) is 3. The second-order valence-corrected chi connectivity index (χ2v) is 18.7. The zero-order valence-electron chi connectivity index (χ0n) is 40.9. The van der Waals surface area contributed by atoms with E-state index in [0.29, 0.717) is 58.6 Å². The fraction of sp³-hybridized carbons (Fsp3) is 0.407. The van der Waals surface area contributed by atoms with Crippen LogP contribution in [0, 0.1) is 11.6 Å². The van der Waals surface area contributed by atoms with Crippen molar-refractivity contribution in [3.8, 4) is 0 Å². The van der Waals surface area contributed by atoms with Gasteiger partial charge in [-0.15, -0.1) is 0 Å². The standard InChI is InChI=1S/C26H27FN4O6.C15H15N3O6.C11H14FNO.2CH4/c1-28-24(35)29-18-6-8-20-16(12-18)10-11-26(20)23(34)30(25(36)37-26)13-22(33)31-19(14-32)7-9-21(31)15-2-4-17(27)5-3-15;1-16-13(22)17-9-2-3-10-8(6-9)4-5-15(10)12(21)18(7-11(19)20)14(23)24-15;12-9-3-1-8(2-4-9)11-6-5-10(7-14)13-11;;/h2-6,8,12,19,21,32H,7,9-11,13-14H2,1H3,(H2,28,29,35);2-3,6H,4-5,7H2,1H3,(H,19,20)(H2,16,17,22);1-4,10-11,13-14H,5-7H2;2*1H4/t19-,21?,26-;15-;10-,11?;;/m111../s1. The van der Waals surface area contributed by atoms with Crippen LogP contribution < -0.4 is 26.6 Å². The second-order valence-electron chi connectivity index (χ2n) is 18.7. The van der Waals surface area contributed by atoms with Crippen molar-refractivity contribution in [3.05, 3.63) is 130 Å². The second kappa shape index (κ2) is 24.3. The molecule has 6 atom stereocenters. The molecule has 0 saturated carbocycles. The molecule has 4 aromatic rings. The quantitative estimate of drug-likeness (QED) is 0.0912. The Morgan fingerprint density at radius 3 is 1.57 bits per heavy atom. The number of halogens is 2. The van der Waals surface area contributed by atoms with Crippen LogP contribution in [0.15, 0.2) is 84.9 Å². The van der Waals surface area contributed by atoms with Gasteiger partial charge in [-0.2, -0.15) is 0 Å². The molecule has 21 nitrogen and oxygen atoms in total. The Labute approximate surface area is 443 Å². The summed E-state index contributed by atoms with van der Waals surface area (Å²) in [6.07, 6.45) is 2.62. The predicted molar refractivity (Wildman–Crippen MR) is 275 cm³/mol. The highest BCUT2D eigenvalue weighted by atomic mass is 19.1. The summed E-state index contributed by atoms with van der Waals surface area (Å²) in [6, 6.07) is 21.1. The van der Waals surface area contributed by atoms with Gasteiger partial charge in [0.15, 0.2) is 0 Å². The maximum atomic E-state index is 13.5. The lowest BCUT2D eigenvalue weighted by Crippen LogP contribution is -2.47. The molecule has 0 radical (unpaired) electrons. The number of benzene rings is 4. The van der Waals surface area contributed by atoms with E-state index in [1.165, 1.54) is 43.3 Å². The van der Waals surface area contributed by atoms with Crippen molar-refractivity contribution in [2.24, 2.45) is 0 Å². The normalized spacial score (nSPS) is 23.3. The molecule has 77 heavy (non-hydrogen) atoms. The van der Waals surface area contributed by atoms with Gasteiger partial charge in [0.25, 0.3) is 11.8 Å². The highest BCUT2D eigenvalue weighted by molar-refractivity contribution is 6.07. The number of carbonyl (C=O) groups excluding carboxylic acids is 7. The minimum atomic E-state index is -1.52. The van der Waals surface area contributed by atoms with Crippen molar-refractivity contribution in [2.75, 3.05) is 51.0 Å². The number of urea groups is 2. The highest BCUT2D eigenvalue weighted by Gasteiger charge is 2.60. The molecule has 4 aliphatic heterocycles. The van der Waals surface area contributed by atoms with Gasteiger partial charge in [0, 0.05) is 61.5 Å². The molecule has 4 heterocycles. The molecule has 9 amide bonds. The van der Waals surface area contributed by atoms with E-state index in [2.05, 4.69) is 26.6 Å². The Kier molecular flexibility index (Phi) is 18.4. The molecular formula is C54H64F2N8O13. The molecule has 6 aliphatic rings. The first-order valence-electron chi connectivity index (χ1n) is 24.3. The van der Waals surface area contributed by atoms with Gasteiger partial charge >= 0.3 is 30.2 Å². The van der Waals surface area contributed by atoms with Crippen molar-refractivity contribution in [1.82, 2.24) is 30.7 Å². The number of nitrogens with one attached hydrogen (secondary N) is 5. The topological polar surface area (TPSA) is 286 Å². The smallest absolute Gasteiger partial charge is 0.418 e. The monoisotopic (exact) mass is 1070 g/mol. The van der Waals surface area contributed by atoms with Crippen molar-refractivity contribution in [3.63, 3.8) is 0 Å². The Balaban J connectivity index is 0.000000205. The number of aliphatic hydroxyl groups excluding tert-OH is 2. The number of fused-ring (bicyclic) bond motifs is 4. The third kappa shape index (κ3) is 11.9. The fourth-order valence-electron chi connectivity index (χ4n) is 10.6. The van der Waals surface area contributed by atoms with Crippen LogP contribution in [0.4, 0.5) is 39.3 Å². The average Bonchev–Trinajstić information content (AvgIpc) is 4.28. The Morgan fingerprint density at radius 2 is 1.13 bits per heavy atom. The van der Waals surface area contributed by atoms with Crippen LogP contribution in [0.1, 0.15) is 98.8 Å². The number of hydrogen-bond acceptors (Lipinski definition) is 13. The molecule has 4 fully saturated rings. The van der Waals surface area contributed by atoms with E-state index in [-0.39, 0.29) is 70.9 Å². The zero-order valence-corrected chi connectivity index (χ0v) is 40.9. The number of ether oxygens (including phenoxy) is 2. The number of carboxylic acid groups (broad SMARTS) is 1. The summed E-state index contributed by atoms with van der Waals surface area (Å²) in [5, 5.41) is 41.2. The minimum absolute atomic E-state index is 0. The van der Waals surface area contributed by atoms with Gasteiger partial charge in [-0.05, 0) is 109 Å². The van der Waals surface area contributed by atoms with Gasteiger partial charge in [0.2, 0.25) is 17.1 Å². The number of aliphatic carboxylic acids is 1. The predicted octanol–water partition coefficient (Wildman–Crippen LogP) is 5.95. The number of aliphatic hydroxyl groups is 2. The fourth-order valence-corrected chi connectivity index (χ4v) is 10.6. The van der Waals surface area contributed by atoms with E-state index >= 15 is 0 Å². The molecule has 4 saturated heterocycles. The third-order valence-electron chi connectivity index (χ3n) is 14.3. The highest BCUT2D eigenvalue weighted by Crippen LogP contribution is 2.48. The lowest BCUT2D eigenvalue weighted by molar-refractivity contribution is -0.144. The molecule has 23 heteroatoms. The van der Waals surface area contributed by atoms with Gasteiger partial charge in [-0.3, -0.25) is 19.2 Å². The van der Waals surface area contributed by atoms with E-state index in [1.54, 1.807) is 60.7 Å². The van der Waals surface area contributed by atoms with Gasteiger partial charge < -0.3 is 56.3 Å². The van der Waals surface area contributed by atoms with Crippen molar-refractivity contribution in [2.45, 2.75) is 102 Å². The van der Waals surface area contributed by atoms with Crippen molar-refractivity contribution in [1.29, 1.82) is 0 Å². The molecule has 10 rings (SSSR count). The molecule has 0 bridgehead atoms. The molecule has 2 spiro atoms. The Morgan fingerprint density at radius 1 is 0.649 bits per heavy atom. The number of rotatable bonds is 10. The molecule has 412 valence electrons.